The molecule has 35 heavy (non-hydrogen) atoms. The smallest absolute Gasteiger partial charge is 0.272 e. The molecule has 3 rings (SSSR count). The maximum Gasteiger partial charge on any atom is 0.272 e. The van der Waals surface area contributed by atoms with Gasteiger partial charge >= 0.3 is 0 Å². The number of methoxy groups -OCH3 is 1. The Balaban J connectivity index is 0.00000210. The van der Waals surface area contributed by atoms with E-state index in [-0.39, 0.29) is 23.3 Å². The minimum atomic E-state index is -2.67. The molecule has 0 aliphatic carbocycles. The Morgan fingerprint density at radius 1 is 1.34 bits per heavy atom. The normalized spacial score (nSPS) is 12.5. The average Bonchev–Trinajstić information content (AvgIpc) is 3.26. The number of hydrogen-bond donors (Lipinski definition) is 4. The second-order valence-corrected chi connectivity index (χ2v) is 8.14. The lowest BCUT2D eigenvalue weighted by Crippen LogP contribution is -2.13. The molecule has 0 saturated heterocycles. The summed E-state index contributed by atoms with van der Waals surface area (Å²) in [5, 5.41) is 1.01. The van der Waals surface area contributed by atoms with E-state index >= 15 is 0 Å². The van der Waals surface area contributed by atoms with Gasteiger partial charge < -0.3 is 25.9 Å². The van der Waals surface area contributed by atoms with Crippen molar-refractivity contribution in [1.82, 2.24) is 15.0 Å². The number of benzene rings is 1. The maximum absolute atomic E-state index is 13.1. The van der Waals surface area contributed by atoms with E-state index < -0.39 is 24.0 Å². The zero-order valence-corrected chi connectivity index (χ0v) is 21.1. The van der Waals surface area contributed by atoms with Gasteiger partial charge in [0.25, 0.3) is 12.3 Å². The first-order valence-corrected chi connectivity index (χ1v) is 12.0. The van der Waals surface area contributed by atoms with Gasteiger partial charge in [-0.1, -0.05) is 31.5 Å². The Kier molecular flexibility index (Phi) is 10.3. The SMILES string of the molecule is CC.COc1nc(NS(=O)c2c[nH]c3c(/C(N)=C/C=C\N)c(Cl)ccc23)nc(C)c1OCC(F)F. The summed E-state index contributed by atoms with van der Waals surface area (Å²) in [4.78, 5) is 11.6. The third-order valence-electron chi connectivity index (χ3n) is 4.38. The highest BCUT2D eigenvalue weighted by Gasteiger charge is 2.20. The second-order valence-electron chi connectivity index (χ2n) is 6.55. The summed E-state index contributed by atoms with van der Waals surface area (Å²) < 4.78 is 50.9. The zero-order chi connectivity index (χ0) is 26.1. The van der Waals surface area contributed by atoms with Crippen LogP contribution in [0.2, 0.25) is 5.02 Å². The lowest BCUT2D eigenvalue weighted by molar-refractivity contribution is 0.0795. The van der Waals surface area contributed by atoms with Crippen LogP contribution in [0.5, 0.6) is 11.6 Å². The van der Waals surface area contributed by atoms with Gasteiger partial charge in [0.15, 0.2) is 11.0 Å². The molecule has 190 valence electrons. The number of nitrogens with zero attached hydrogens (tertiary/aromatic N) is 2. The number of allylic oxidation sites excluding steroid dienone is 2. The Morgan fingerprint density at radius 3 is 2.69 bits per heavy atom. The van der Waals surface area contributed by atoms with E-state index in [1.54, 1.807) is 30.5 Å². The second kappa shape index (κ2) is 12.9. The quantitative estimate of drug-likeness (QED) is 0.299. The summed E-state index contributed by atoms with van der Waals surface area (Å²) >= 11 is 6.33. The van der Waals surface area contributed by atoms with Gasteiger partial charge in [-0.05, 0) is 31.3 Å². The van der Waals surface area contributed by atoms with Gasteiger partial charge in [-0.3, -0.25) is 4.72 Å². The maximum atomic E-state index is 13.1. The summed E-state index contributed by atoms with van der Waals surface area (Å²) in [6, 6.07) is 3.34. The number of aromatic nitrogens is 3. The van der Waals surface area contributed by atoms with Crippen molar-refractivity contribution in [2.45, 2.75) is 32.1 Å². The molecule has 0 aliphatic heterocycles. The van der Waals surface area contributed by atoms with Crippen LogP contribution in [0.15, 0.2) is 41.6 Å². The van der Waals surface area contributed by atoms with Gasteiger partial charge in [0, 0.05) is 22.8 Å². The minimum Gasteiger partial charge on any atom is -0.480 e. The van der Waals surface area contributed by atoms with Gasteiger partial charge in [0.1, 0.15) is 6.61 Å². The molecular weight excluding hydrogens is 502 g/mol. The Morgan fingerprint density at radius 2 is 2.06 bits per heavy atom. The van der Waals surface area contributed by atoms with Crippen LogP contribution in [0, 0.1) is 6.92 Å². The number of H-pyrrole nitrogens is 1. The predicted octanol–water partition coefficient (Wildman–Crippen LogP) is 4.51. The van der Waals surface area contributed by atoms with Crippen molar-refractivity contribution >= 4 is 45.1 Å². The fourth-order valence-corrected chi connectivity index (χ4v) is 4.17. The number of rotatable bonds is 9. The molecule has 6 N–H and O–H groups in total. The highest BCUT2D eigenvalue weighted by molar-refractivity contribution is 7.86. The largest absolute Gasteiger partial charge is 0.480 e. The molecule has 0 radical (unpaired) electrons. The Bertz CT molecular complexity index is 1250. The van der Waals surface area contributed by atoms with Crippen molar-refractivity contribution in [3.63, 3.8) is 0 Å². The van der Waals surface area contributed by atoms with E-state index in [2.05, 4.69) is 19.7 Å². The summed E-state index contributed by atoms with van der Waals surface area (Å²) in [5.74, 6) is -0.126. The number of hydrogen-bond acceptors (Lipinski definition) is 7. The number of aromatic amines is 1. The van der Waals surface area contributed by atoms with E-state index in [0.29, 0.717) is 32.1 Å². The third-order valence-corrected chi connectivity index (χ3v) is 5.80. The van der Waals surface area contributed by atoms with Gasteiger partial charge in [0.2, 0.25) is 11.7 Å². The third kappa shape index (κ3) is 6.61. The number of alkyl halides is 2. The van der Waals surface area contributed by atoms with Gasteiger partial charge in [-0.25, -0.2) is 18.0 Å². The molecule has 1 atom stereocenters. The van der Waals surface area contributed by atoms with Crippen LogP contribution in [0.25, 0.3) is 16.6 Å². The molecular formula is C22H27ClF2N6O3S. The van der Waals surface area contributed by atoms with Crippen molar-refractivity contribution < 1.29 is 22.5 Å². The number of nitrogens with one attached hydrogen (secondary N) is 2. The Labute approximate surface area is 209 Å². The molecule has 0 aliphatic rings. The molecule has 1 unspecified atom stereocenters. The average molecular weight is 529 g/mol. The molecule has 3 aromatic rings. The van der Waals surface area contributed by atoms with Crippen molar-refractivity contribution in [2.75, 3.05) is 18.4 Å². The van der Waals surface area contributed by atoms with Crippen molar-refractivity contribution in [3.05, 3.63) is 53.0 Å². The van der Waals surface area contributed by atoms with Gasteiger partial charge in [-0.15, -0.1) is 0 Å². The van der Waals surface area contributed by atoms with Crippen LogP contribution < -0.4 is 25.7 Å². The molecule has 0 spiro atoms. The summed E-state index contributed by atoms with van der Waals surface area (Å²) in [5.41, 5.74) is 13.2. The fraction of sp³-hybridized carbons (Fsp3) is 0.273. The van der Waals surface area contributed by atoms with Crippen molar-refractivity contribution in [1.29, 1.82) is 0 Å². The highest BCUT2D eigenvalue weighted by atomic mass is 35.5. The standard InChI is InChI=1S/C20H21ClF2N6O3S.C2H6/c1-10-18(32-9-15(22)23)19(31-2)28-20(27-10)29-33(30)14-8-26-17-11(14)5-6-12(21)16(17)13(25)4-3-7-24;1-2/h3-8,15,26H,9,24-25H2,1-2H3,(H,27,28,29);1-2H3/b7-3-,13-4-;. The van der Waals surface area contributed by atoms with Gasteiger partial charge in [-0.2, -0.15) is 4.98 Å². The number of fused-ring (bicyclic) bond motifs is 1. The monoisotopic (exact) mass is 528 g/mol. The zero-order valence-electron chi connectivity index (χ0n) is 19.6. The predicted molar refractivity (Wildman–Crippen MR) is 135 cm³/mol. The lowest BCUT2D eigenvalue weighted by atomic mass is 10.1. The number of halogens is 3. The molecule has 1 aromatic carbocycles. The Hall–Kier alpha value is -3.38. The molecule has 0 amide bonds. The van der Waals surface area contributed by atoms with Crippen LogP contribution in [-0.2, 0) is 11.0 Å². The molecule has 13 heteroatoms. The van der Waals surface area contributed by atoms with E-state index in [4.69, 9.17) is 32.5 Å². The van der Waals surface area contributed by atoms with Gasteiger partial charge in [0.05, 0.1) is 28.2 Å². The van der Waals surface area contributed by atoms with E-state index in [0.717, 1.165) is 0 Å². The van der Waals surface area contributed by atoms with Crippen molar-refractivity contribution in [2.24, 2.45) is 11.5 Å². The number of nitrogens with two attached hydrogens (primary N) is 2. The van der Waals surface area contributed by atoms with Crippen LogP contribution in [0.4, 0.5) is 14.7 Å². The van der Waals surface area contributed by atoms with E-state index in [1.165, 1.54) is 20.2 Å². The first-order chi connectivity index (χ1) is 16.8. The molecule has 9 nitrogen and oxygen atoms in total. The fourth-order valence-electron chi connectivity index (χ4n) is 3.00. The molecule has 2 aromatic heterocycles. The molecule has 0 fully saturated rings. The summed E-state index contributed by atoms with van der Waals surface area (Å²) in [6.45, 7) is 4.70. The number of anilines is 1. The minimum absolute atomic E-state index is 0.0192. The molecule has 0 bridgehead atoms. The van der Waals surface area contributed by atoms with E-state index in [1.807, 2.05) is 13.8 Å². The first kappa shape index (κ1) is 27.9. The number of aryl methyl sites for hydroxylation is 1. The first-order valence-electron chi connectivity index (χ1n) is 10.4. The van der Waals surface area contributed by atoms with Crippen LogP contribution in [0.3, 0.4) is 0 Å². The van der Waals surface area contributed by atoms with Crippen molar-refractivity contribution in [3.8, 4) is 11.6 Å². The van der Waals surface area contributed by atoms with Crippen LogP contribution in [-0.4, -0.2) is 39.3 Å². The molecule has 2 heterocycles. The van der Waals surface area contributed by atoms with Crippen LogP contribution >= 0.6 is 11.6 Å². The topological polar surface area (TPSA) is 141 Å². The summed E-state index contributed by atoms with van der Waals surface area (Å²) in [7, 11) is -0.501. The lowest BCUT2D eigenvalue weighted by Gasteiger charge is -2.13. The number of ether oxygens (including phenoxy) is 2. The summed E-state index contributed by atoms with van der Waals surface area (Å²) in [6.07, 6.45) is 3.37. The highest BCUT2D eigenvalue weighted by Crippen LogP contribution is 2.33. The van der Waals surface area contributed by atoms with Crippen LogP contribution in [0.1, 0.15) is 25.1 Å². The van der Waals surface area contributed by atoms with E-state index in [9.17, 15) is 13.0 Å². The molecule has 0 saturated carbocycles.